The molecule has 1 saturated heterocycles. The van der Waals surface area contributed by atoms with Crippen LogP contribution < -0.4 is 20.1 Å². The zero-order valence-electron chi connectivity index (χ0n) is 16.8. The highest BCUT2D eigenvalue weighted by atomic mass is 32.2. The molecule has 3 aromatic rings. The molecular formula is C20H23N5O4S. The summed E-state index contributed by atoms with van der Waals surface area (Å²) in [6.45, 7) is 1.60. The lowest BCUT2D eigenvalue weighted by Gasteiger charge is -2.34. The number of hydrogen-bond donors (Lipinski definition) is 1. The van der Waals surface area contributed by atoms with Crippen LogP contribution in [0.15, 0.2) is 47.4 Å². The molecule has 4 rings (SSSR count). The number of nitrogens with zero attached hydrogens (tertiary/aromatic N) is 4. The van der Waals surface area contributed by atoms with Gasteiger partial charge in [-0.2, -0.15) is 9.29 Å². The minimum atomic E-state index is -3.52. The number of nitrogen functional groups attached to an aromatic ring is 1. The van der Waals surface area contributed by atoms with E-state index in [1.165, 1.54) is 4.31 Å². The maximum atomic E-state index is 12.8. The standard InChI is InChI=1S/C20H23N5O4S/c1-28-17-12-15-16(13-18(17)29-2)22-20(23-19(15)21)24-8-10-25(11-9-24)30(26,27)14-6-4-3-5-7-14/h3-7,12-13H,8-11H2,1-2H3,(H2,21,22,23). The Labute approximate surface area is 175 Å². The lowest BCUT2D eigenvalue weighted by molar-refractivity contribution is 0.356. The summed E-state index contributed by atoms with van der Waals surface area (Å²) in [4.78, 5) is 11.3. The SMILES string of the molecule is COc1cc2nc(N3CCN(S(=O)(=O)c4ccccc4)CC3)nc(N)c2cc1OC. The number of ether oxygens (including phenoxy) is 2. The predicted octanol–water partition coefficient (Wildman–Crippen LogP) is 1.74. The average Bonchev–Trinajstić information content (AvgIpc) is 2.78. The molecule has 2 aromatic carbocycles. The first-order valence-corrected chi connectivity index (χ1v) is 10.9. The number of methoxy groups -OCH3 is 2. The minimum Gasteiger partial charge on any atom is -0.493 e. The van der Waals surface area contributed by atoms with Crippen molar-refractivity contribution in [2.24, 2.45) is 0 Å². The van der Waals surface area contributed by atoms with Crippen LogP contribution in [-0.2, 0) is 10.0 Å². The third kappa shape index (κ3) is 3.59. The van der Waals surface area contributed by atoms with Crippen LogP contribution in [0.5, 0.6) is 11.5 Å². The summed E-state index contributed by atoms with van der Waals surface area (Å²) in [6, 6.07) is 12.0. The molecule has 0 aliphatic carbocycles. The molecule has 1 aromatic heterocycles. The van der Waals surface area contributed by atoms with Gasteiger partial charge in [-0.1, -0.05) is 18.2 Å². The number of nitrogens with two attached hydrogens (primary N) is 1. The van der Waals surface area contributed by atoms with Crippen molar-refractivity contribution in [1.29, 1.82) is 0 Å². The summed E-state index contributed by atoms with van der Waals surface area (Å²) in [6.07, 6.45) is 0. The highest BCUT2D eigenvalue weighted by molar-refractivity contribution is 7.89. The Balaban J connectivity index is 1.57. The Morgan fingerprint density at radius 2 is 1.57 bits per heavy atom. The second-order valence-electron chi connectivity index (χ2n) is 6.84. The van der Waals surface area contributed by atoms with Gasteiger partial charge in [-0.15, -0.1) is 0 Å². The van der Waals surface area contributed by atoms with Crippen LogP contribution in [0, 0.1) is 0 Å². The Morgan fingerprint density at radius 3 is 2.20 bits per heavy atom. The number of hydrogen-bond acceptors (Lipinski definition) is 8. The molecule has 0 saturated carbocycles. The molecule has 1 aliphatic rings. The molecule has 0 bridgehead atoms. The number of sulfonamides is 1. The van der Waals surface area contributed by atoms with Gasteiger partial charge in [0, 0.05) is 37.6 Å². The van der Waals surface area contributed by atoms with Gasteiger partial charge in [0.2, 0.25) is 16.0 Å². The largest absolute Gasteiger partial charge is 0.493 e. The average molecular weight is 430 g/mol. The third-order valence-corrected chi connectivity index (χ3v) is 7.03. The van der Waals surface area contributed by atoms with Crippen molar-refractivity contribution in [3.05, 3.63) is 42.5 Å². The van der Waals surface area contributed by atoms with Gasteiger partial charge >= 0.3 is 0 Å². The normalized spacial score (nSPS) is 15.3. The van der Waals surface area contributed by atoms with Crippen molar-refractivity contribution < 1.29 is 17.9 Å². The molecule has 0 amide bonds. The second-order valence-corrected chi connectivity index (χ2v) is 8.78. The minimum absolute atomic E-state index is 0.297. The highest BCUT2D eigenvalue weighted by Crippen LogP contribution is 2.34. The molecule has 2 N–H and O–H groups in total. The highest BCUT2D eigenvalue weighted by Gasteiger charge is 2.29. The van der Waals surface area contributed by atoms with Gasteiger partial charge in [0.1, 0.15) is 5.82 Å². The predicted molar refractivity (Wildman–Crippen MR) is 114 cm³/mol. The molecule has 0 atom stereocenters. The first-order chi connectivity index (χ1) is 14.4. The molecule has 0 unspecified atom stereocenters. The molecular weight excluding hydrogens is 406 g/mol. The Morgan fingerprint density at radius 1 is 0.933 bits per heavy atom. The molecule has 30 heavy (non-hydrogen) atoms. The van der Waals surface area contributed by atoms with Gasteiger partial charge in [0.05, 0.1) is 24.6 Å². The molecule has 1 fully saturated rings. The van der Waals surface area contributed by atoms with Gasteiger partial charge < -0.3 is 20.1 Å². The van der Waals surface area contributed by atoms with E-state index in [0.717, 1.165) is 0 Å². The molecule has 10 heteroatoms. The lowest BCUT2D eigenvalue weighted by Crippen LogP contribution is -2.49. The van der Waals surface area contributed by atoms with E-state index in [1.807, 2.05) is 4.90 Å². The smallest absolute Gasteiger partial charge is 0.243 e. The number of rotatable bonds is 5. The third-order valence-electron chi connectivity index (χ3n) is 5.12. The monoisotopic (exact) mass is 429 g/mol. The summed E-state index contributed by atoms with van der Waals surface area (Å²) < 4.78 is 37.8. The number of piperazine rings is 1. The Kier molecular flexibility index (Phi) is 5.35. The fourth-order valence-corrected chi connectivity index (χ4v) is 4.92. The Hall–Kier alpha value is -3.11. The van der Waals surface area contributed by atoms with Crippen LogP contribution >= 0.6 is 0 Å². The molecule has 1 aliphatic heterocycles. The van der Waals surface area contributed by atoms with Crippen LogP contribution in [0.4, 0.5) is 11.8 Å². The zero-order valence-corrected chi connectivity index (χ0v) is 17.6. The topological polar surface area (TPSA) is 111 Å². The van der Waals surface area contributed by atoms with E-state index in [0.29, 0.717) is 65.2 Å². The van der Waals surface area contributed by atoms with Crippen molar-refractivity contribution in [1.82, 2.24) is 14.3 Å². The van der Waals surface area contributed by atoms with Gasteiger partial charge in [-0.05, 0) is 18.2 Å². The summed E-state index contributed by atoms with van der Waals surface area (Å²) in [5, 5.41) is 0.668. The quantitative estimate of drug-likeness (QED) is 0.653. The molecule has 0 radical (unpaired) electrons. The van der Waals surface area contributed by atoms with Gasteiger partial charge in [-0.25, -0.2) is 13.4 Å². The van der Waals surface area contributed by atoms with E-state index in [-0.39, 0.29) is 0 Å². The Bertz CT molecular complexity index is 1160. The molecule has 2 heterocycles. The van der Waals surface area contributed by atoms with E-state index in [9.17, 15) is 8.42 Å². The maximum Gasteiger partial charge on any atom is 0.243 e. The maximum absolute atomic E-state index is 12.8. The molecule has 0 spiro atoms. The van der Waals surface area contributed by atoms with Crippen molar-refractivity contribution in [2.45, 2.75) is 4.90 Å². The van der Waals surface area contributed by atoms with Crippen LogP contribution in [0.25, 0.3) is 10.9 Å². The molecule has 9 nitrogen and oxygen atoms in total. The zero-order chi connectivity index (χ0) is 21.3. The second kappa shape index (κ2) is 7.96. The first-order valence-electron chi connectivity index (χ1n) is 9.43. The lowest BCUT2D eigenvalue weighted by atomic mass is 10.2. The van der Waals surface area contributed by atoms with Crippen LogP contribution in [0.2, 0.25) is 0 Å². The van der Waals surface area contributed by atoms with Crippen molar-refractivity contribution in [3.8, 4) is 11.5 Å². The van der Waals surface area contributed by atoms with E-state index in [2.05, 4.69) is 9.97 Å². The summed E-state index contributed by atoms with van der Waals surface area (Å²) >= 11 is 0. The van der Waals surface area contributed by atoms with Crippen LogP contribution in [0.3, 0.4) is 0 Å². The van der Waals surface area contributed by atoms with Gasteiger partial charge in [-0.3, -0.25) is 0 Å². The number of benzene rings is 2. The first kappa shape index (κ1) is 20.2. The fraction of sp³-hybridized carbons (Fsp3) is 0.300. The van der Waals surface area contributed by atoms with Crippen molar-refractivity contribution in [3.63, 3.8) is 0 Å². The summed E-state index contributed by atoms with van der Waals surface area (Å²) in [5.41, 5.74) is 6.80. The van der Waals surface area contributed by atoms with Crippen molar-refractivity contribution in [2.75, 3.05) is 51.0 Å². The van der Waals surface area contributed by atoms with E-state index in [4.69, 9.17) is 15.2 Å². The van der Waals surface area contributed by atoms with E-state index >= 15 is 0 Å². The number of anilines is 2. The van der Waals surface area contributed by atoms with Crippen LogP contribution in [-0.4, -0.2) is 63.1 Å². The number of fused-ring (bicyclic) bond motifs is 1. The summed E-state index contributed by atoms with van der Waals surface area (Å²) in [7, 11) is -0.406. The van der Waals surface area contributed by atoms with E-state index in [1.54, 1.807) is 56.7 Å². The summed E-state index contributed by atoms with van der Waals surface area (Å²) in [5.74, 6) is 1.89. The number of aromatic nitrogens is 2. The van der Waals surface area contributed by atoms with Gasteiger partial charge in [0.15, 0.2) is 11.5 Å². The van der Waals surface area contributed by atoms with Crippen molar-refractivity contribution >= 4 is 32.7 Å². The fourth-order valence-electron chi connectivity index (χ4n) is 3.48. The molecule has 158 valence electrons. The van der Waals surface area contributed by atoms with E-state index < -0.39 is 10.0 Å². The van der Waals surface area contributed by atoms with Crippen LogP contribution in [0.1, 0.15) is 0 Å². The van der Waals surface area contributed by atoms with Gasteiger partial charge in [0.25, 0.3) is 0 Å².